The number of hydrogen-bond acceptors (Lipinski definition) is 4. The number of carbonyl (C=O) groups excluding carboxylic acids is 2. The van der Waals surface area contributed by atoms with Gasteiger partial charge in [-0.25, -0.2) is 9.59 Å². The van der Waals surface area contributed by atoms with Gasteiger partial charge in [0.05, 0.1) is 20.2 Å². The monoisotopic (exact) mass is 696 g/mol. The molecule has 0 bridgehead atoms. The van der Waals surface area contributed by atoms with E-state index in [1.54, 1.807) is 0 Å². The lowest BCUT2D eigenvalue weighted by Crippen LogP contribution is -2.86. The molecule has 1 aliphatic heterocycles. The van der Waals surface area contributed by atoms with E-state index in [-0.39, 0.29) is 0 Å². The average Bonchev–Trinajstić information content (AvgIpc) is 2.56. The maximum atomic E-state index is 12.1. The normalized spacial score (nSPS) is 15.9. The highest BCUT2D eigenvalue weighted by Crippen LogP contribution is 2.30. The summed E-state index contributed by atoms with van der Waals surface area (Å²) in [6, 6.07) is 3.85. The molecule has 0 aromatic heterocycles. The predicted octanol–water partition coefficient (Wildman–Crippen LogP) is 3.26. The van der Waals surface area contributed by atoms with Gasteiger partial charge in [-0.2, -0.15) is 0 Å². The second-order valence-electron chi connectivity index (χ2n) is 6.62. The number of rotatable bonds is 5. The summed E-state index contributed by atoms with van der Waals surface area (Å²) in [6.07, 6.45) is 4.31. The van der Waals surface area contributed by atoms with E-state index in [1.807, 2.05) is 26.0 Å². The van der Waals surface area contributed by atoms with Gasteiger partial charge in [0, 0.05) is 34.5 Å². The maximum Gasteiger partial charge on any atom is 0.336 e. The van der Waals surface area contributed by atoms with Crippen LogP contribution in [-0.2, 0) is 14.3 Å². The summed E-state index contributed by atoms with van der Waals surface area (Å²) in [4.78, 5) is 24.2. The zero-order valence-corrected chi connectivity index (χ0v) is 21.0. The van der Waals surface area contributed by atoms with Gasteiger partial charge in [0.25, 0.3) is 0 Å². The molecule has 1 heterocycles. The van der Waals surface area contributed by atoms with E-state index in [4.69, 9.17) is 9.47 Å². The van der Waals surface area contributed by atoms with Crippen molar-refractivity contribution in [3.05, 3.63) is 35.0 Å². The van der Waals surface area contributed by atoms with E-state index in [0.717, 1.165) is 48.8 Å². The topological polar surface area (TPSA) is 69.2 Å². The Hall–Kier alpha value is 0.0500. The van der Waals surface area contributed by atoms with E-state index >= 15 is 0 Å². The van der Waals surface area contributed by atoms with E-state index in [0.29, 0.717) is 11.7 Å². The van der Waals surface area contributed by atoms with Crippen LogP contribution in [0.4, 0.5) is 0 Å². The van der Waals surface area contributed by atoms with Crippen molar-refractivity contribution in [3.63, 3.8) is 0 Å². The number of carbonyl (C=O) groups is 2. The fourth-order valence-corrected chi connectivity index (χ4v) is 6.70. The molecule has 1 aromatic rings. The Morgan fingerprint density at radius 1 is 1.08 bits per heavy atom. The number of ether oxygens (including phenoxy) is 2. The highest BCUT2D eigenvalue weighted by Gasteiger charge is 2.34. The van der Waals surface area contributed by atoms with Crippen molar-refractivity contribution < 1.29 is 24.4 Å². The summed E-state index contributed by atoms with van der Waals surface area (Å²) >= 11 is 6.46. The Balaban J connectivity index is 1.94. The van der Waals surface area contributed by atoms with Gasteiger partial charge >= 0.3 is 11.9 Å². The third kappa shape index (κ3) is 6.59. The van der Waals surface area contributed by atoms with Gasteiger partial charge in [-0.3, -0.25) is 0 Å². The molecule has 26 heavy (non-hydrogen) atoms. The Labute approximate surface area is 194 Å². The molecule has 0 spiro atoms. The molecule has 0 atom stereocenters. The highest BCUT2D eigenvalue weighted by atomic mass is 127. The zero-order valence-electron chi connectivity index (χ0n) is 14.6. The second-order valence-corrected chi connectivity index (χ2v) is 10.2. The summed E-state index contributed by atoms with van der Waals surface area (Å²) in [5.74, 6) is -0.266. The quantitative estimate of drug-likeness (QED) is 0.223. The number of halogens is 3. The van der Waals surface area contributed by atoms with E-state index in [1.165, 1.54) is 0 Å². The van der Waals surface area contributed by atoms with Crippen LogP contribution in [0.2, 0.25) is 0 Å². The zero-order chi connectivity index (χ0) is 19.3. The molecule has 0 radical (unpaired) electrons. The van der Waals surface area contributed by atoms with Crippen LogP contribution in [0.1, 0.15) is 26.7 Å². The minimum absolute atomic E-state index is 0.340. The Morgan fingerprint density at radius 2 is 1.62 bits per heavy atom. The first-order chi connectivity index (χ1) is 12.2. The van der Waals surface area contributed by atoms with Crippen LogP contribution < -0.4 is 10.1 Å². The molecule has 142 valence electrons. The smallest absolute Gasteiger partial charge is 0.336 e. The van der Waals surface area contributed by atoms with Gasteiger partial charge in [-0.1, -0.05) is 0 Å². The minimum atomic E-state index is -0.593. The molecule has 2 rings (SSSR count). The number of quaternary nitrogens is 1. The molecule has 8 heteroatoms. The Morgan fingerprint density at radius 3 is 2.19 bits per heavy atom. The SMILES string of the molecule is CC(C)(OC(=O)C=CC(=O)Oc1c(I)cc(I)cc1I)C1CC[NH2+]CC1. The summed E-state index contributed by atoms with van der Waals surface area (Å²) in [5.41, 5.74) is -0.541. The Kier molecular flexibility index (Phi) is 8.60. The standard InChI is InChI=1S/C18H20I3NO4/c1-18(2,11-5-7-22-8-6-11)26-16(24)4-3-15(23)25-17-13(20)9-12(19)10-14(17)21/h3-4,9-11,22H,5-8H2,1-2H3/p+1. The van der Waals surface area contributed by atoms with E-state index < -0.39 is 17.5 Å². The van der Waals surface area contributed by atoms with Crippen molar-refractivity contribution in [2.24, 2.45) is 5.92 Å². The van der Waals surface area contributed by atoms with Gasteiger partial charge in [-0.15, -0.1) is 0 Å². The lowest BCUT2D eigenvalue weighted by molar-refractivity contribution is -0.665. The molecule has 1 aliphatic rings. The number of benzene rings is 1. The van der Waals surface area contributed by atoms with Crippen molar-refractivity contribution in [1.29, 1.82) is 0 Å². The first-order valence-electron chi connectivity index (χ1n) is 8.28. The summed E-state index contributed by atoms with van der Waals surface area (Å²) < 4.78 is 13.7. The van der Waals surface area contributed by atoms with Crippen molar-refractivity contribution in [2.75, 3.05) is 13.1 Å². The molecule has 1 saturated heterocycles. The van der Waals surface area contributed by atoms with Crippen LogP contribution in [0.3, 0.4) is 0 Å². The summed E-state index contributed by atoms with van der Waals surface area (Å²) in [5, 5.41) is 2.28. The fraction of sp³-hybridized carbons (Fsp3) is 0.444. The van der Waals surface area contributed by atoms with Gasteiger partial charge in [0.15, 0.2) is 5.75 Å². The first-order valence-corrected chi connectivity index (χ1v) is 11.5. The van der Waals surface area contributed by atoms with Crippen LogP contribution in [-0.4, -0.2) is 30.6 Å². The number of piperidine rings is 1. The van der Waals surface area contributed by atoms with Crippen LogP contribution in [0, 0.1) is 16.6 Å². The summed E-state index contributed by atoms with van der Waals surface area (Å²) in [7, 11) is 0. The fourth-order valence-electron chi connectivity index (χ4n) is 2.90. The van der Waals surface area contributed by atoms with Crippen molar-refractivity contribution in [2.45, 2.75) is 32.3 Å². The summed E-state index contributed by atoms with van der Waals surface area (Å²) in [6.45, 7) is 5.98. The molecule has 0 aliphatic carbocycles. The number of esters is 2. The molecular formula is C18H21I3NO4+. The molecule has 0 unspecified atom stereocenters. The largest absolute Gasteiger partial charge is 0.456 e. The van der Waals surface area contributed by atoms with Gasteiger partial charge < -0.3 is 14.8 Å². The van der Waals surface area contributed by atoms with Crippen LogP contribution in [0.15, 0.2) is 24.3 Å². The van der Waals surface area contributed by atoms with Crippen LogP contribution in [0.5, 0.6) is 5.75 Å². The highest BCUT2D eigenvalue weighted by molar-refractivity contribution is 14.1. The first kappa shape index (κ1) is 22.3. The van der Waals surface area contributed by atoms with Crippen molar-refractivity contribution >= 4 is 79.7 Å². The molecular weight excluding hydrogens is 675 g/mol. The van der Waals surface area contributed by atoms with Crippen molar-refractivity contribution in [1.82, 2.24) is 0 Å². The minimum Gasteiger partial charge on any atom is -0.456 e. The van der Waals surface area contributed by atoms with Gasteiger partial charge in [-0.05, 0) is 93.8 Å². The van der Waals surface area contributed by atoms with E-state index in [2.05, 4.69) is 73.1 Å². The molecule has 2 N–H and O–H groups in total. The molecule has 1 aromatic carbocycles. The van der Waals surface area contributed by atoms with Crippen molar-refractivity contribution in [3.8, 4) is 5.75 Å². The number of nitrogens with two attached hydrogens (primary N) is 1. The van der Waals surface area contributed by atoms with Crippen LogP contribution in [0.25, 0.3) is 0 Å². The average molecular weight is 696 g/mol. The van der Waals surface area contributed by atoms with Crippen LogP contribution >= 0.6 is 67.8 Å². The molecule has 1 fully saturated rings. The second kappa shape index (κ2) is 10.0. The third-order valence-electron chi connectivity index (χ3n) is 4.31. The third-order valence-corrected chi connectivity index (χ3v) is 6.53. The van der Waals surface area contributed by atoms with E-state index in [9.17, 15) is 9.59 Å². The molecule has 0 saturated carbocycles. The predicted molar refractivity (Wildman–Crippen MR) is 124 cm³/mol. The maximum absolute atomic E-state index is 12.1. The molecule has 5 nitrogen and oxygen atoms in total. The lowest BCUT2D eigenvalue weighted by atomic mass is 9.83. The van der Waals surface area contributed by atoms with Gasteiger partial charge in [0.1, 0.15) is 5.60 Å². The van der Waals surface area contributed by atoms with Gasteiger partial charge in [0.2, 0.25) is 0 Å². The Bertz CT molecular complexity index is 689. The molecule has 0 amide bonds. The lowest BCUT2D eigenvalue weighted by Gasteiger charge is -2.35. The number of hydrogen-bond donors (Lipinski definition) is 1.